The molecule has 25 heavy (non-hydrogen) atoms. The number of aliphatic hydroxyl groups is 1. The van der Waals surface area contributed by atoms with Crippen LogP contribution in [0.25, 0.3) is 0 Å². The van der Waals surface area contributed by atoms with Gasteiger partial charge in [0.15, 0.2) is 12.4 Å². The molecule has 2 aromatic carbocycles. The van der Waals surface area contributed by atoms with E-state index in [1.807, 2.05) is 0 Å². The molecule has 6 nitrogen and oxygen atoms in total. The zero-order chi connectivity index (χ0) is 17.6. The molecule has 0 radical (unpaired) electrons. The van der Waals surface area contributed by atoms with Gasteiger partial charge in [0, 0.05) is 6.42 Å². The van der Waals surface area contributed by atoms with Crippen LogP contribution >= 0.6 is 0 Å². The van der Waals surface area contributed by atoms with Gasteiger partial charge in [-0.3, -0.25) is 0 Å². The lowest BCUT2D eigenvalue weighted by Gasteiger charge is -2.32. The molecule has 0 aliphatic carbocycles. The number of esters is 2. The molecular weight excluding hydrogens is 324 g/mol. The highest BCUT2D eigenvalue weighted by molar-refractivity contribution is 5.90. The lowest BCUT2D eigenvalue weighted by atomic mass is 10.1. The number of ether oxygens (including phenoxy) is 3. The van der Waals surface area contributed by atoms with E-state index in [2.05, 4.69) is 0 Å². The topological polar surface area (TPSA) is 82.1 Å². The van der Waals surface area contributed by atoms with Crippen LogP contribution in [0.1, 0.15) is 27.1 Å². The number of benzene rings is 2. The van der Waals surface area contributed by atoms with Crippen molar-refractivity contribution in [3.63, 3.8) is 0 Å². The van der Waals surface area contributed by atoms with Crippen molar-refractivity contribution in [2.75, 3.05) is 6.61 Å². The second-order valence-electron chi connectivity index (χ2n) is 5.66. The molecule has 0 spiro atoms. The Morgan fingerprint density at radius 1 is 0.880 bits per heavy atom. The zero-order valence-electron chi connectivity index (χ0n) is 13.4. The van der Waals surface area contributed by atoms with Crippen molar-refractivity contribution in [3.05, 3.63) is 71.8 Å². The Kier molecular flexibility index (Phi) is 5.42. The molecule has 3 unspecified atom stereocenters. The van der Waals surface area contributed by atoms with Crippen LogP contribution in [0.15, 0.2) is 60.7 Å². The van der Waals surface area contributed by atoms with Crippen LogP contribution in [0.5, 0.6) is 0 Å². The van der Waals surface area contributed by atoms with E-state index in [1.165, 1.54) is 0 Å². The first-order chi connectivity index (χ1) is 12.1. The molecule has 1 aliphatic heterocycles. The normalized spacial score (nSPS) is 22.8. The molecule has 0 amide bonds. The maximum Gasteiger partial charge on any atom is 0.338 e. The van der Waals surface area contributed by atoms with Gasteiger partial charge >= 0.3 is 11.9 Å². The van der Waals surface area contributed by atoms with E-state index >= 15 is 0 Å². The molecule has 0 saturated carbocycles. The van der Waals surface area contributed by atoms with Gasteiger partial charge in [0.05, 0.1) is 17.7 Å². The van der Waals surface area contributed by atoms with Crippen molar-refractivity contribution in [1.29, 1.82) is 0 Å². The Balaban J connectivity index is 1.60. The van der Waals surface area contributed by atoms with Crippen molar-refractivity contribution in [2.24, 2.45) is 0 Å². The van der Waals surface area contributed by atoms with Crippen LogP contribution in [0, 0.1) is 0 Å². The predicted octanol–water partition coefficient (Wildman–Crippen LogP) is 2.18. The van der Waals surface area contributed by atoms with Crippen LogP contribution in [0.2, 0.25) is 0 Å². The third-order valence-corrected chi connectivity index (χ3v) is 3.82. The molecule has 0 bridgehead atoms. The summed E-state index contributed by atoms with van der Waals surface area (Å²) in [5, 5.41) is 9.89. The third kappa shape index (κ3) is 4.43. The van der Waals surface area contributed by atoms with Gasteiger partial charge in [-0.2, -0.15) is 0 Å². The number of hydrogen-bond acceptors (Lipinski definition) is 6. The summed E-state index contributed by atoms with van der Waals surface area (Å²) >= 11 is 0. The highest BCUT2D eigenvalue weighted by Crippen LogP contribution is 2.21. The molecule has 3 rings (SSSR count). The second kappa shape index (κ2) is 7.92. The lowest BCUT2D eigenvalue weighted by molar-refractivity contribution is -0.212. The van der Waals surface area contributed by atoms with Crippen LogP contribution < -0.4 is 0 Å². The first-order valence-corrected chi connectivity index (χ1v) is 7.95. The minimum absolute atomic E-state index is 0.0408. The number of carbonyl (C=O) groups excluding carboxylic acids is 2. The third-order valence-electron chi connectivity index (χ3n) is 3.82. The average Bonchev–Trinajstić information content (AvgIpc) is 2.66. The maximum atomic E-state index is 12.1. The maximum absolute atomic E-state index is 12.1. The van der Waals surface area contributed by atoms with Crippen molar-refractivity contribution in [1.82, 2.24) is 0 Å². The SMILES string of the molecule is O=C(OC1COC(O)C(OC(=O)c2ccccc2)C1)c1ccccc1. The summed E-state index contributed by atoms with van der Waals surface area (Å²) in [7, 11) is 0. The quantitative estimate of drug-likeness (QED) is 0.858. The summed E-state index contributed by atoms with van der Waals surface area (Å²) in [6, 6.07) is 17.0. The van der Waals surface area contributed by atoms with Crippen LogP contribution in [0.4, 0.5) is 0 Å². The molecule has 0 aromatic heterocycles. The van der Waals surface area contributed by atoms with Crippen molar-refractivity contribution in [2.45, 2.75) is 24.9 Å². The smallest absolute Gasteiger partial charge is 0.338 e. The Hall–Kier alpha value is -2.70. The Morgan fingerprint density at radius 2 is 1.40 bits per heavy atom. The first-order valence-electron chi connectivity index (χ1n) is 7.95. The molecule has 1 aliphatic rings. The summed E-state index contributed by atoms with van der Waals surface area (Å²) in [5.74, 6) is -1.05. The summed E-state index contributed by atoms with van der Waals surface area (Å²) in [5.41, 5.74) is 0.796. The van der Waals surface area contributed by atoms with E-state index in [0.29, 0.717) is 11.1 Å². The summed E-state index contributed by atoms with van der Waals surface area (Å²) < 4.78 is 15.9. The van der Waals surface area contributed by atoms with E-state index in [1.54, 1.807) is 60.7 Å². The van der Waals surface area contributed by atoms with Crippen molar-refractivity contribution in [3.8, 4) is 0 Å². The Bertz CT molecular complexity index is 715. The highest BCUT2D eigenvalue weighted by atomic mass is 16.7. The Labute approximate surface area is 144 Å². The average molecular weight is 342 g/mol. The summed E-state index contributed by atoms with van der Waals surface area (Å²) in [4.78, 5) is 24.2. The van der Waals surface area contributed by atoms with Gasteiger partial charge in [-0.15, -0.1) is 0 Å². The number of carbonyl (C=O) groups is 2. The van der Waals surface area contributed by atoms with Gasteiger partial charge < -0.3 is 19.3 Å². The molecule has 1 N–H and O–H groups in total. The van der Waals surface area contributed by atoms with Gasteiger partial charge in [-0.1, -0.05) is 36.4 Å². The first kappa shape index (κ1) is 17.1. The predicted molar refractivity (Wildman–Crippen MR) is 87.9 cm³/mol. The molecule has 6 heteroatoms. The number of rotatable bonds is 4. The highest BCUT2D eigenvalue weighted by Gasteiger charge is 2.35. The van der Waals surface area contributed by atoms with Gasteiger partial charge in [0.25, 0.3) is 0 Å². The van der Waals surface area contributed by atoms with Crippen LogP contribution in [-0.4, -0.2) is 42.1 Å². The van der Waals surface area contributed by atoms with E-state index in [-0.39, 0.29) is 13.0 Å². The Morgan fingerprint density at radius 3 is 1.96 bits per heavy atom. The molecular formula is C19H18O6. The van der Waals surface area contributed by atoms with Gasteiger partial charge in [-0.05, 0) is 24.3 Å². The van der Waals surface area contributed by atoms with E-state index in [0.717, 1.165) is 0 Å². The van der Waals surface area contributed by atoms with Gasteiger partial charge in [-0.25, -0.2) is 9.59 Å². The number of aliphatic hydroxyl groups excluding tert-OH is 1. The standard InChI is InChI=1S/C19H18O6/c20-17(13-7-3-1-4-8-13)24-15-11-16(19(22)23-12-15)25-18(21)14-9-5-2-6-10-14/h1-10,15-16,19,22H,11-12H2. The fourth-order valence-electron chi connectivity index (χ4n) is 2.52. The summed E-state index contributed by atoms with van der Waals surface area (Å²) in [6.07, 6.45) is -2.60. The zero-order valence-corrected chi connectivity index (χ0v) is 13.4. The van der Waals surface area contributed by atoms with Crippen molar-refractivity contribution < 1.29 is 28.9 Å². The fourth-order valence-corrected chi connectivity index (χ4v) is 2.52. The number of hydrogen-bond donors (Lipinski definition) is 1. The molecule has 3 atom stereocenters. The minimum Gasteiger partial charge on any atom is -0.456 e. The molecule has 1 saturated heterocycles. The monoisotopic (exact) mass is 342 g/mol. The molecule has 1 fully saturated rings. The van der Waals surface area contributed by atoms with E-state index in [4.69, 9.17) is 14.2 Å². The van der Waals surface area contributed by atoms with E-state index in [9.17, 15) is 14.7 Å². The van der Waals surface area contributed by atoms with Crippen LogP contribution in [-0.2, 0) is 14.2 Å². The fraction of sp³-hybridized carbons (Fsp3) is 0.263. The molecule has 2 aromatic rings. The molecule has 130 valence electrons. The van der Waals surface area contributed by atoms with Crippen molar-refractivity contribution >= 4 is 11.9 Å². The van der Waals surface area contributed by atoms with Crippen LogP contribution in [0.3, 0.4) is 0 Å². The lowest BCUT2D eigenvalue weighted by Crippen LogP contribution is -2.45. The largest absolute Gasteiger partial charge is 0.456 e. The van der Waals surface area contributed by atoms with E-state index < -0.39 is 30.4 Å². The molecule has 1 heterocycles. The summed E-state index contributed by atoms with van der Waals surface area (Å²) in [6.45, 7) is 0.0408. The van der Waals surface area contributed by atoms with Gasteiger partial charge in [0.1, 0.15) is 6.10 Å². The van der Waals surface area contributed by atoms with Gasteiger partial charge in [0.2, 0.25) is 0 Å². The second-order valence-corrected chi connectivity index (χ2v) is 5.66. The minimum atomic E-state index is -1.25.